The molecule has 0 bridgehead atoms. The smallest absolute Gasteiger partial charge is 0.00328 e. The Morgan fingerprint density at radius 3 is 1.75 bits per heavy atom. The van der Waals surface area contributed by atoms with Crippen molar-refractivity contribution in [2.75, 3.05) is 17.7 Å². The molecule has 0 radical (unpaired) electrons. The molecule has 0 aromatic rings. The predicted octanol–water partition coefficient (Wildman–Crippen LogP) is 1.73. The van der Waals surface area contributed by atoms with Crippen molar-refractivity contribution in [3.8, 4) is 0 Å². The molecule has 0 amide bonds. The van der Waals surface area contributed by atoms with E-state index in [-0.39, 0.29) is 0 Å². The van der Waals surface area contributed by atoms with Crippen molar-refractivity contribution in [2.24, 2.45) is 5.41 Å². The summed E-state index contributed by atoms with van der Waals surface area (Å²) in [7, 11) is 2.72. The summed E-state index contributed by atoms with van der Waals surface area (Å²) in [5.74, 6) is 1.83. The van der Waals surface area contributed by atoms with Crippen molar-refractivity contribution < 1.29 is 0 Å². The molecule has 0 spiro atoms. The number of hydrogen-bond acceptors (Lipinski definition) is 2. The van der Waals surface area contributed by atoms with Crippen molar-refractivity contribution >= 4 is 34.5 Å². The summed E-state index contributed by atoms with van der Waals surface area (Å²) < 4.78 is 0. The topological polar surface area (TPSA) is 0 Å². The second kappa shape index (κ2) is 4.03. The Hall–Kier alpha value is 1.13. The maximum Gasteiger partial charge on any atom is -0.00328 e. The zero-order valence-corrected chi connectivity index (χ0v) is 8.04. The van der Waals surface area contributed by atoms with E-state index >= 15 is 0 Å². The van der Waals surface area contributed by atoms with Gasteiger partial charge in [0.1, 0.15) is 0 Å². The SMILES string of the molecule is CC(CP)(CS)CS. The van der Waals surface area contributed by atoms with Crippen LogP contribution in [-0.2, 0) is 0 Å². The summed E-state index contributed by atoms with van der Waals surface area (Å²) >= 11 is 8.40. The van der Waals surface area contributed by atoms with Gasteiger partial charge in [-0.15, -0.1) is 9.24 Å². The van der Waals surface area contributed by atoms with E-state index in [1.165, 1.54) is 0 Å². The highest BCUT2D eigenvalue weighted by Crippen LogP contribution is 2.21. The molecular formula is C5H13PS2. The Morgan fingerprint density at radius 2 is 1.75 bits per heavy atom. The van der Waals surface area contributed by atoms with Crippen molar-refractivity contribution in [3.63, 3.8) is 0 Å². The van der Waals surface area contributed by atoms with E-state index in [1.54, 1.807) is 0 Å². The predicted molar refractivity (Wildman–Crippen MR) is 50.4 cm³/mol. The van der Waals surface area contributed by atoms with Crippen LogP contribution in [0.3, 0.4) is 0 Å². The molecule has 8 heavy (non-hydrogen) atoms. The van der Waals surface area contributed by atoms with Crippen molar-refractivity contribution in [1.29, 1.82) is 0 Å². The molecular weight excluding hydrogens is 155 g/mol. The highest BCUT2D eigenvalue weighted by atomic mass is 32.1. The van der Waals surface area contributed by atoms with Crippen LogP contribution >= 0.6 is 34.5 Å². The summed E-state index contributed by atoms with van der Waals surface area (Å²) in [6, 6.07) is 0. The highest BCUT2D eigenvalue weighted by molar-refractivity contribution is 7.81. The van der Waals surface area contributed by atoms with Crippen LogP contribution in [0.2, 0.25) is 0 Å². The molecule has 0 aromatic carbocycles. The second-order valence-electron chi connectivity index (χ2n) is 2.33. The van der Waals surface area contributed by atoms with Gasteiger partial charge in [-0.2, -0.15) is 25.3 Å². The first-order valence-corrected chi connectivity index (χ1v) is 4.68. The fourth-order valence-electron chi connectivity index (χ4n) is 0.179. The van der Waals surface area contributed by atoms with E-state index in [0.29, 0.717) is 5.41 Å². The third-order valence-corrected chi connectivity index (χ3v) is 3.77. The average Bonchev–Trinajstić information content (AvgIpc) is 1.87. The number of rotatable bonds is 3. The minimum Gasteiger partial charge on any atom is -0.179 e. The minimum absolute atomic E-state index is 0.316. The summed E-state index contributed by atoms with van der Waals surface area (Å²) in [6.45, 7) is 2.18. The van der Waals surface area contributed by atoms with Gasteiger partial charge in [-0.3, -0.25) is 0 Å². The van der Waals surface area contributed by atoms with Gasteiger partial charge in [0.15, 0.2) is 0 Å². The second-order valence-corrected chi connectivity index (χ2v) is 3.37. The fourth-order valence-corrected chi connectivity index (χ4v) is 1.61. The van der Waals surface area contributed by atoms with Crippen LogP contribution < -0.4 is 0 Å². The van der Waals surface area contributed by atoms with Crippen LogP contribution in [0.1, 0.15) is 6.92 Å². The van der Waals surface area contributed by atoms with Gasteiger partial charge in [-0.05, 0) is 23.1 Å². The molecule has 0 fully saturated rings. The van der Waals surface area contributed by atoms with Gasteiger partial charge >= 0.3 is 0 Å². The van der Waals surface area contributed by atoms with E-state index < -0.39 is 0 Å². The molecule has 0 heterocycles. The first kappa shape index (κ1) is 9.13. The van der Waals surface area contributed by atoms with Crippen molar-refractivity contribution in [2.45, 2.75) is 6.92 Å². The first-order valence-electron chi connectivity index (χ1n) is 2.60. The first-order chi connectivity index (χ1) is 3.68. The summed E-state index contributed by atoms with van der Waals surface area (Å²) in [5.41, 5.74) is 0.316. The maximum atomic E-state index is 4.20. The molecule has 0 aromatic heterocycles. The maximum absolute atomic E-state index is 4.20. The van der Waals surface area contributed by atoms with Crippen LogP contribution in [0.4, 0.5) is 0 Å². The number of hydrogen-bond donors (Lipinski definition) is 2. The lowest BCUT2D eigenvalue weighted by atomic mass is 10.00. The highest BCUT2D eigenvalue weighted by Gasteiger charge is 2.16. The summed E-state index contributed by atoms with van der Waals surface area (Å²) in [4.78, 5) is 0. The van der Waals surface area contributed by atoms with E-state index in [2.05, 4.69) is 41.4 Å². The van der Waals surface area contributed by atoms with Gasteiger partial charge in [0.25, 0.3) is 0 Å². The molecule has 0 saturated carbocycles. The molecule has 50 valence electrons. The Labute approximate surface area is 64.8 Å². The molecule has 1 atom stereocenters. The molecule has 0 saturated heterocycles. The number of thiol groups is 2. The van der Waals surface area contributed by atoms with Crippen molar-refractivity contribution in [1.82, 2.24) is 0 Å². The monoisotopic (exact) mass is 168 g/mol. The molecule has 0 rings (SSSR count). The Balaban J connectivity index is 3.58. The molecule has 0 aliphatic heterocycles. The lowest BCUT2D eigenvalue weighted by Crippen LogP contribution is -2.22. The van der Waals surface area contributed by atoms with Crippen LogP contribution in [0.15, 0.2) is 0 Å². The quantitative estimate of drug-likeness (QED) is 0.465. The van der Waals surface area contributed by atoms with Crippen molar-refractivity contribution in [3.05, 3.63) is 0 Å². The zero-order chi connectivity index (χ0) is 6.62. The fraction of sp³-hybridized carbons (Fsp3) is 1.00. The normalized spacial score (nSPS) is 12.0. The third kappa shape index (κ3) is 2.61. The molecule has 0 nitrogen and oxygen atoms in total. The molecule has 1 unspecified atom stereocenters. The van der Waals surface area contributed by atoms with Crippen LogP contribution in [-0.4, -0.2) is 17.7 Å². The van der Waals surface area contributed by atoms with Crippen LogP contribution in [0, 0.1) is 5.41 Å². The zero-order valence-electron chi connectivity index (χ0n) is 5.09. The van der Waals surface area contributed by atoms with Crippen LogP contribution in [0.25, 0.3) is 0 Å². The largest absolute Gasteiger partial charge is 0.179 e. The van der Waals surface area contributed by atoms with Crippen LogP contribution in [0.5, 0.6) is 0 Å². The van der Waals surface area contributed by atoms with Gasteiger partial charge in [-0.1, -0.05) is 6.92 Å². The van der Waals surface area contributed by atoms with E-state index in [9.17, 15) is 0 Å². The molecule has 3 heteroatoms. The molecule has 0 aliphatic carbocycles. The Kier molecular flexibility index (Phi) is 4.60. The average molecular weight is 168 g/mol. The van der Waals surface area contributed by atoms with Gasteiger partial charge in [0.05, 0.1) is 0 Å². The summed E-state index contributed by atoms with van der Waals surface area (Å²) in [5, 5.41) is 0. The van der Waals surface area contributed by atoms with Gasteiger partial charge in [0.2, 0.25) is 0 Å². The summed E-state index contributed by atoms with van der Waals surface area (Å²) in [6.07, 6.45) is 1.08. The Bertz CT molecular complexity index is 53.2. The van der Waals surface area contributed by atoms with Gasteiger partial charge in [-0.25, -0.2) is 0 Å². The standard InChI is InChI=1S/C5H13PS2/c1-5(2-6,3-7)4-8/h7-8H,2-4,6H2,1H3. The molecule has 0 N–H and O–H groups in total. The lowest BCUT2D eigenvalue weighted by Gasteiger charge is -2.22. The molecule has 0 aliphatic rings. The lowest BCUT2D eigenvalue weighted by molar-refractivity contribution is 0.506. The van der Waals surface area contributed by atoms with E-state index in [4.69, 9.17) is 0 Å². The Morgan fingerprint density at radius 1 is 1.38 bits per heavy atom. The minimum atomic E-state index is 0.316. The van der Waals surface area contributed by atoms with E-state index in [1.807, 2.05) is 0 Å². The third-order valence-electron chi connectivity index (χ3n) is 1.26. The van der Waals surface area contributed by atoms with Gasteiger partial charge < -0.3 is 0 Å². The van der Waals surface area contributed by atoms with E-state index in [0.717, 1.165) is 17.7 Å². The van der Waals surface area contributed by atoms with Gasteiger partial charge in [0, 0.05) is 0 Å².